The van der Waals surface area contributed by atoms with Crippen LogP contribution < -0.4 is 5.73 Å². The van der Waals surface area contributed by atoms with Crippen molar-refractivity contribution in [3.05, 3.63) is 24.3 Å². The Morgan fingerprint density at radius 2 is 2.08 bits per heavy atom. The standard InChI is InChI=1S/C10H11NO2/c11-10(13)8-5-6-3-1-2-4-7(6)9(8)12/h1-4,6-8H,5H2,(H2,11,13). The first-order chi connectivity index (χ1) is 6.20. The van der Waals surface area contributed by atoms with E-state index >= 15 is 0 Å². The molecule has 2 aliphatic rings. The lowest BCUT2D eigenvalue weighted by atomic mass is 9.92. The number of Topliss-reactive ketones (excluding diaryl/α,β-unsaturated/α-hetero) is 1. The van der Waals surface area contributed by atoms with Gasteiger partial charge in [-0.3, -0.25) is 9.59 Å². The van der Waals surface area contributed by atoms with Gasteiger partial charge in [-0.15, -0.1) is 0 Å². The molecule has 0 aromatic heterocycles. The lowest BCUT2D eigenvalue weighted by Crippen LogP contribution is -2.28. The van der Waals surface area contributed by atoms with Crippen LogP contribution in [0.1, 0.15) is 6.42 Å². The van der Waals surface area contributed by atoms with Crippen LogP contribution in [0.4, 0.5) is 0 Å². The fraction of sp³-hybridized carbons (Fsp3) is 0.400. The van der Waals surface area contributed by atoms with Crippen LogP contribution in [0.3, 0.4) is 0 Å². The molecule has 2 aliphatic carbocycles. The number of nitrogens with two attached hydrogens (primary N) is 1. The first-order valence-corrected chi connectivity index (χ1v) is 4.38. The second-order valence-electron chi connectivity index (χ2n) is 3.55. The van der Waals surface area contributed by atoms with Crippen molar-refractivity contribution in [3.63, 3.8) is 0 Å². The zero-order valence-corrected chi connectivity index (χ0v) is 7.14. The number of carbonyl (C=O) groups is 2. The molecule has 0 saturated heterocycles. The summed E-state index contributed by atoms with van der Waals surface area (Å²) < 4.78 is 0. The van der Waals surface area contributed by atoms with E-state index in [1.54, 1.807) is 0 Å². The van der Waals surface area contributed by atoms with Gasteiger partial charge in [-0.05, 0) is 12.3 Å². The lowest BCUT2D eigenvalue weighted by Gasteiger charge is -2.11. The van der Waals surface area contributed by atoms with E-state index in [-0.39, 0.29) is 17.6 Å². The average molecular weight is 177 g/mol. The second-order valence-corrected chi connectivity index (χ2v) is 3.55. The number of fused-ring (bicyclic) bond motifs is 1. The van der Waals surface area contributed by atoms with Gasteiger partial charge in [0, 0.05) is 5.92 Å². The Bertz CT molecular complexity index is 317. The summed E-state index contributed by atoms with van der Waals surface area (Å²) in [5.74, 6) is -0.987. The van der Waals surface area contributed by atoms with Gasteiger partial charge in [0.2, 0.25) is 5.91 Å². The van der Waals surface area contributed by atoms with Crippen LogP contribution in [-0.2, 0) is 9.59 Å². The minimum Gasteiger partial charge on any atom is -0.369 e. The van der Waals surface area contributed by atoms with E-state index in [4.69, 9.17) is 5.73 Å². The molecule has 3 heteroatoms. The third-order valence-corrected chi connectivity index (χ3v) is 2.77. The maximum absolute atomic E-state index is 11.6. The van der Waals surface area contributed by atoms with Gasteiger partial charge in [0.05, 0.1) is 5.92 Å². The Morgan fingerprint density at radius 1 is 1.38 bits per heavy atom. The summed E-state index contributed by atoms with van der Waals surface area (Å²) in [6.45, 7) is 0. The van der Waals surface area contributed by atoms with E-state index < -0.39 is 11.8 Å². The molecule has 1 amide bonds. The molecule has 3 unspecified atom stereocenters. The Morgan fingerprint density at radius 3 is 2.69 bits per heavy atom. The average Bonchev–Trinajstić information content (AvgIpc) is 2.45. The van der Waals surface area contributed by atoms with Crippen LogP contribution >= 0.6 is 0 Å². The van der Waals surface area contributed by atoms with Crippen LogP contribution in [0.15, 0.2) is 24.3 Å². The highest BCUT2D eigenvalue weighted by Crippen LogP contribution is 2.36. The second kappa shape index (κ2) is 2.83. The van der Waals surface area contributed by atoms with E-state index in [9.17, 15) is 9.59 Å². The van der Waals surface area contributed by atoms with Crippen molar-refractivity contribution in [2.24, 2.45) is 23.5 Å². The number of hydrogen-bond donors (Lipinski definition) is 1. The maximum atomic E-state index is 11.6. The van der Waals surface area contributed by atoms with E-state index in [0.717, 1.165) is 0 Å². The van der Waals surface area contributed by atoms with Crippen LogP contribution in [0.25, 0.3) is 0 Å². The predicted molar refractivity (Wildman–Crippen MR) is 47.6 cm³/mol. The molecule has 0 bridgehead atoms. The molecular weight excluding hydrogens is 166 g/mol. The summed E-state index contributed by atoms with van der Waals surface area (Å²) >= 11 is 0. The molecule has 13 heavy (non-hydrogen) atoms. The van der Waals surface area contributed by atoms with E-state index in [1.807, 2.05) is 24.3 Å². The number of amides is 1. The normalized spacial score (nSPS) is 36.3. The number of allylic oxidation sites excluding steroid dienone is 4. The Kier molecular flexibility index (Phi) is 1.79. The summed E-state index contributed by atoms with van der Waals surface area (Å²) in [6.07, 6.45) is 8.18. The highest BCUT2D eigenvalue weighted by Gasteiger charge is 2.42. The van der Waals surface area contributed by atoms with Gasteiger partial charge in [-0.2, -0.15) is 0 Å². The fourth-order valence-electron chi connectivity index (χ4n) is 2.06. The first kappa shape index (κ1) is 8.23. The summed E-state index contributed by atoms with van der Waals surface area (Å²) in [5, 5.41) is 0. The van der Waals surface area contributed by atoms with Gasteiger partial charge in [-0.25, -0.2) is 0 Å². The molecule has 0 aromatic carbocycles. The minimum absolute atomic E-state index is 0.0156. The van der Waals surface area contributed by atoms with Gasteiger partial charge in [-0.1, -0.05) is 24.3 Å². The van der Waals surface area contributed by atoms with Crippen molar-refractivity contribution in [2.75, 3.05) is 0 Å². The summed E-state index contributed by atoms with van der Waals surface area (Å²) in [4.78, 5) is 22.5. The van der Waals surface area contributed by atoms with Crippen LogP contribution in [0.5, 0.6) is 0 Å². The third-order valence-electron chi connectivity index (χ3n) is 2.77. The molecule has 2 rings (SSSR count). The highest BCUT2D eigenvalue weighted by molar-refractivity contribution is 6.04. The molecule has 0 radical (unpaired) electrons. The molecular formula is C10H11NO2. The van der Waals surface area contributed by atoms with Crippen LogP contribution in [-0.4, -0.2) is 11.7 Å². The van der Waals surface area contributed by atoms with Gasteiger partial charge in [0.25, 0.3) is 0 Å². The molecule has 0 heterocycles. The molecule has 0 spiro atoms. The quantitative estimate of drug-likeness (QED) is 0.590. The van der Waals surface area contributed by atoms with Gasteiger partial charge >= 0.3 is 0 Å². The lowest BCUT2D eigenvalue weighted by molar-refractivity contribution is -0.131. The minimum atomic E-state index is -0.567. The summed E-state index contributed by atoms with van der Waals surface area (Å²) in [6, 6.07) is 0. The topological polar surface area (TPSA) is 60.2 Å². The van der Waals surface area contributed by atoms with Gasteiger partial charge in [0.15, 0.2) is 5.78 Å². The largest absolute Gasteiger partial charge is 0.369 e. The summed E-state index contributed by atoms with van der Waals surface area (Å²) in [5.41, 5.74) is 5.13. The van der Waals surface area contributed by atoms with Gasteiger partial charge in [0.1, 0.15) is 0 Å². The Labute approximate surface area is 76.3 Å². The molecule has 1 saturated carbocycles. The van der Waals surface area contributed by atoms with E-state index in [2.05, 4.69) is 0 Å². The zero-order chi connectivity index (χ0) is 9.42. The third kappa shape index (κ3) is 1.20. The predicted octanol–water partition coefficient (Wildman–Crippen LogP) is 0.419. The maximum Gasteiger partial charge on any atom is 0.228 e. The first-order valence-electron chi connectivity index (χ1n) is 4.38. The fourth-order valence-corrected chi connectivity index (χ4v) is 2.06. The molecule has 2 N–H and O–H groups in total. The molecule has 0 aliphatic heterocycles. The number of ketones is 1. The monoisotopic (exact) mass is 177 g/mol. The van der Waals surface area contributed by atoms with Gasteiger partial charge < -0.3 is 5.73 Å². The Hall–Kier alpha value is -1.38. The summed E-state index contributed by atoms with van der Waals surface area (Å²) in [7, 11) is 0. The molecule has 3 atom stereocenters. The zero-order valence-electron chi connectivity index (χ0n) is 7.14. The number of carbonyl (C=O) groups excluding carboxylic acids is 2. The van der Waals surface area contributed by atoms with Crippen molar-refractivity contribution in [2.45, 2.75) is 6.42 Å². The number of primary amides is 1. The van der Waals surface area contributed by atoms with Crippen molar-refractivity contribution in [3.8, 4) is 0 Å². The molecule has 0 aromatic rings. The molecule has 1 fully saturated rings. The molecule has 68 valence electrons. The van der Waals surface area contributed by atoms with Crippen molar-refractivity contribution >= 4 is 11.7 Å². The number of hydrogen-bond acceptors (Lipinski definition) is 2. The van der Waals surface area contributed by atoms with Crippen molar-refractivity contribution in [1.82, 2.24) is 0 Å². The Balaban J connectivity index is 2.25. The molecule has 3 nitrogen and oxygen atoms in total. The van der Waals surface area contributed by atoms with Crippen LogP contribution in [0.2, 0.25) is 0 Å². The van der Waals surface area contributed by atoms with E-state index in [1.165, 1.54) is 0 Å². The van der Waals surface area contributed by atoms with Crippen LogP contribution in [0, 0.1) is 17.8 Å². The smallest absolute Gasteiger partial charge is 0.228 e. The van der Waals surface area contributed by atoms with E-state index in [0.29, 0.717) is 6.42 Å². The SMILES string of the molecule is NC(=O)C1CC2C=CC=CC2C1=O. The van der Waals surface area contributed by atoms with Crippen molar-refractivity contribution in [1.29, 1.82) is 0 Å². The highest BCUT2D eigenvalue weighted by atomic mass is 16.2. The number of rotatable bonds is 1. The van der Waals surface area contributed by atoms with Crippen molar-refractivity contribution < 1.29 is 9.59 Å².